The fraction of sp³-hybridized carbons (Fsp3) is 0.0667. The third-order valence-electron chi connectivity index (χ3n) is 2.92. The summed E-state index contributed by atoms with van der Waals surface area (Å²) < 4.78 is 1.74. The molecular formula is C15H15N5. The summed E-state index contributed by atoms with van der Waals surface area (Å²) in [4.78, 5) is 4.26. The van der Waals surface area contributed by atoms with Crippen molar-refractivity contribution in [3.8, 4) is 5.69 Å². The van der Waals surface area contributed by atoms with E-state index in [0.717, 1.165) is 17.1 Å². The first-order valence-corrected chi connectivity index (χ1v) is 6.37. The fourth-order valence-corrected chi connectivity index (χ4v) is 1.91. The SMILES string of the molecule is CNc1cccc(Nc2ncn(-c3ccccc3)n2)c1. The van der Waals surface area contributed by atoms with Crippen molar-refractivity contribution in [2.24, 2.45) is 0 Å². The highest BCUT2D eigenvalue weighted by Crippen LogP contribution is 2.17. The average molecular weight is 265 g/mol. The van der Waals surface area contributed by atoms with Crippen LogP contribution in [0.1, 0.15) is 0 Å². The molecular weight excluding hydrogens is 250 g/mol. The predicted octanol–water partition coefficient (Wildman–Crippen LogP) is 3.05. The van der Waals surface area contributed by atoms with E-state index in [9.17, 15) is 0 Å². The van der Waals surface area contributed by atoms with Gasteiger partial charge in [0.05, 0.1) is 5.69 Å². The molecule has 1 aromatic heterocycles. The van der Waals surface area contributed by atoms with Crippen molar-refractivity contribution in [2.45, 2.75) is 0 Å². The van der Waals surface area contributed by atoms with Gasteiger partial charge in [-0.15, -0.1) is 5.10 Å². The summed E-state index contributed by atoms with van der Waals surface area (Å²) >= 11 is 0. The van der Waals surface area contributed by atoms with Crippen molar-refractivity contribution >= 4 is 17.3 Å². The van der Waals surface area contributed by atoms with Crippen LogP contribution < -0.4 is 10.6 Å². The number of hydrogen-bond acceptors (Lipinski definition) is 4. The molecule has 100 valence electrons. The summed E-state index contributed by atoms with van der Waals surface area (Å²) in [6.45, 7) is 0. The third kappa shape index (κ3) is 2.61. The number of nitrogens with zero attached hydrogens (tertiary/aromatic N) is 3. The second kappa shape index (κ2) is 5.44. The summed E-state index contributed by atoms with van der Waals surface area (Å²) in [5.74, 6) is 0.571. The van der Waals surface area contributed by atoms with E-state index in [0.29, 0.717) is 5.95 Å². The molecule has 1 heterocycles. The molecule has 2 N–H and O–H groups in total. The maximum absolute atomic E-state index is 4.41. The molecule has 5 nitrogen and oxygen atoms in total. The van der Waals surface area contributed by atoms with Gasteiger partial charge in [0.1, 0.15) is 6.33 Å². The monoisotopic (exact) mass is 265 g/mol. The summed E-state index contributed by atoms with van der Waals surface area (Å²) in [5.41, 5.74) is 2.97. The van der Waals surface area contributed by atoms with Crippen LogP contribution in [-0.4, -0.2) is 21.8 Å². The van der Waals surface area contributed by atoms with Crippen LogP contribution >= 0.6 is 0 Å². The van der Waals surface area contributed by atoms with Gasteiger partial charge >= 0.3 is 0 Å². The molecule has 0 fully saturated rings. The van der Waals surface area contributed by atoms with Crippen molar-refractivity contribution in [1.82, 2.24) is 14.8 Å². The molecule has 3 aromatic rings. The standard InChI is InChI=1S/C15H15N5/c1-16-12-6-5-7-13(10-12)18-15-17-11-20(19-15)14-8-3-2-4-9-14/h2-11,16H,1H3,(H,18,19). The maximum atomic E-state index is 4.41. The summed E-state index contributed by atoms with van der Waals surface area (Å²) in [5, 5.41) is 10.7. The number of benzene rings is 2. The van der Waals surface area contributed by atoms with Gasteiger partial charge in [-0.3, -0.25) is 0 Å². The van der Waals surface area contributed by atoms with E-state index in [4.69, 9.17) is 0 Å². The smallest absolute Gasteiger partial charge is 0.246 e. The maximum Gasteiger partial charge on any atom is 0.246 e. The third-order valence-corrected chi connectivity index (χ3v) is 2.92. The van der Waals surface area contributed by atoms with Crippen LogP contribution in [0.15, 0.2) is 60.9 Å². The lowest BCUT2D eigenvalue weighted by molar-refractivity contribution is 0.882. The van der Waals surface area contributed by atoms with Crippen molar-refractivity contribution in [3.63, 3.8) is 0 Å². The van der Waals surface area contributed by atoms with Gasteiger partial charge < -0.3 is 10.6 Å². The van der Waals surface area contributed by atoms with Gasteiger partial charge in [-0.25, -0.2) is 4.68 Å². The highest BCUT2D eigenvalue weighted by Gasteiger charge is 2.03. The minimum atomic E-state index is 0.571. The summed E-state index contributed by atoms with van der Waals surface area (Å²) in [7, 11) is 1.89. The Labute approximate surface area is 117 Å². The highest BCUT2D eigenvalue weighted by atomic mass is 15.4. The van der Waals surface area contributed by atoms with Crippen LogP contribution in [0.2, 0.25) is 0 Å². The summed E-state index contributed by atoms with van der Waals surface area (Å²) in [6, 6.07) is 17.8. The van der Waals surface area contributed by atoms with Gasteiger partial charge in [-0.2, -0.15) is 4.98 Å². The van der Waals surface area contributed by atoms with Crippen LogP contribution in [0.3, 0.4) is 0 Å². The molecule has 5 heteroatoms. The Hall–Kier alpha value is -2.82. The summed E-state index contributed by atoms with van der Waals surface area (Å²) in [6.07, 6.45) is 1.69. The highest BCUT2D eigenvalue weighted by molar-refractivity contribution is 5.60. The zero-order valence-electron chi connectivity index (χ0n) is 11.1. The predicted molar refractivity (Wildman–Crippen MR) is 80.6 cm³/mol. The number of nitrogens with one attached hydrogen (secondary N) is 2. The molecule has 0 aliphatic heterocycles. The number of rotatable bonds is 4. The Morgan fingerprint density at radius 2 is 1.75 bits per heavy atom. The molecule has 0 aliphatic rings. The Morgan fingerprint density at radius 1 is 0.950 bits per heavy atom. The Morgan fingerprint density at radius 3 is 2.55 bits per heavy atom. The zero-order chi connectivity index (χ0) is 13.8. The molecule has 0 aliphatic carbocycles. The van der Waals surface area contributed by atoms with Crippen molar-refractivity contribution in [2.75, 3.05) is 17.7 Å². The number of hydrogen-bond donors (Lipinski definition) is 2. The largest absolute Gasteiger partial charge is 0.388 e. The zero-order valence-corrected chi connectivity index (χ0v) is 11.1. The van der Waals surface area contributed by atoms with Gasteiger partial charge in [-0.05, 0) is 30.3 Å². The second-order valence-corrected chi connectivity index (χ2v) is 4.30. The molecule has 0 saturated carbocycles. The van der Waals surface area contributed by atoms with Crippen LogP contribution in [-0.2, 0) is 0 Å². The van der Waals surface area contributed by atoms with Gasteiger partial charge in [0.15, 0.2) is 0 Å². The van der Waals surface area contributed by atoms with Crippen LogP contribution in [0.5, 0.6) is 0 Å². The average Bonchev–Trinajstić information content (AvgIpc) is 2.97. The van der Waals surface area contributed by atoms with E-state index in [-0.39, 0.29) is 0 Å². The van der Waals surface area contributed by atoms with E-state index in [1.807, 2.05) is 61.6 Å². The Balaban J connectivity index is 1.80. The molecule has 0 bridgehead atoms. The van der Waals surface area contributed by atoms with Crippen LogP contribution in [0.4, 0.5) is 17.3 Å². The Bertz CT molecular complexity index is 690. The topological polar surface area (TPSA) is 54.8 Å². The van der Waals surface area contributed by atoms with E-state index in [2.05, 4.69) is 20.7 Å². The minimum Gasteiger partial charge on any atom is -0.388 e. The lowest BCUT2D eigenvalue weighted by Crippen LogP contribution is -1.97. The minimum absolute atomic E-state index is 0.571. The first-order chi connectivity index (χ1) is 9.85. The van der Waals surface area contributed by atoms with E-state index in [1.54, 1.807) is 11.0 Å². The first-order valence-electron chi connectivity index (χ1n) is 6.37. The molecule has 0 amide bonds. The van der Waals surface area contributed by atoms with Crippen molar-refractivity contribution in [1.29, 1.82) is 0 Å². The number of aromatic nitrogens is 3. The van der Waals surface area contributed by atoms with Crippen molar-refractivity contribution < 1.29 is 0 Å². The lowest BCUT2D eigenvalue weighted by atomic mass is 10.3. The molecule has 2 aromatic carbocycles. The van der Waals surface area contributed by atoms with Gasteiger partial charge in [0.2, 0.25) is 5.95 Å². The fourth-order valence-electron chi connectivity index (χ4n) is 1.91. The lowest BCUT2D eigenvalue weighted by Gasteiger charge is -2.04. The van der Waals surface area contributed by atoms with E-state index in [1.165, 1.54) is 0 Å². The molecule has 0 atom stereocenters. The van der Waals surface area contributed by atoms with Crippen LogP contribution in [0, 0.1) is 0 Å². The number of anilines is 3. The van der Waals surface area contributed by atoms with E-state index >= 15 is 0 Å². The van der Waals surface area contributed by atoms with E-state index < -0.39 is 0 Å². The quantitative estimate of drug-likeness (QED) is 0.761. The number of para-hydroxylation sites is 1. The normalized spacial score (nSPS) is 10.2. The Kier molecular flexibility index (Phi) is 3.33. The van der Waals surface area contributed by atoms with Gasteiger partial charge in [-0.1, -0.05) is 24.3 Å². The van der Waals surface area contributed by atoms with Gasteiger partial charge in [0.25, 0.3) is 0 Å². The van der Waals surface area contributed by atoms with Crippen LogP contribution in [0.25, 0.3) is 5.69 Å². The molecule has 0 spiro atoms. The van der Waals surface area contributed by atoms with Crippen molar-refractivity contribution in [3.05, 3.63) is 60.9 Å². The molecule has 20 heavy (non-hydrogen) atoms. The second-order valence-electron chi connectivity index (χ2n) is 4.30. The molecule has 0 unspecified atom stereocenters. The first kappa shape index (κ1) is 12.2. The molecule has 0 radical (unpaired) electrons. The molecule has 3 rings (SSSR count). The van der Waals surface area contributed by atoms with Gasteiger partial charge in [0, 0.05) is 18.4 Å². The molecule has 0 saturated heterocycles.